The molecular formula is C34H32F4N4O5. The van der Waals surface area contributed by atoms with Crippen molar-refractivity contribution in [1.29, 1.82) is 0 Å². The Hall–Kier alpha value is -4.78. The van der Waals surface area contributed by atoms with Crippen LogP contribution >= 0.6 is 0 Å². The van der Waals surface area contributed by atoms with Crippen LogP contribution in [-0.2, 0) is 15.8 Å². The maximum atomic E-state index is 14.9. The molecule has 0 saturated heterocycles. The van der Waals surface area contributed by atoms with E-state index >= 15 is 0 Å². The number of ether oxygens (including phenoxy) is 2. The third kappa shape index (κ3) is 5.84. The lowest BCUT2D eigenvalue weighted by molar-refractivity contribution is -0.265. The topological polar surface area (TPSA) is 123 Å². The fourth-order valence-electron chi connectivity index (χ4n) is 6.09. The highest BCUT2D eigenvalue weighted by Crippen LogP contribution is 2.48. The molecule has 1 saturated carbocycles. The van der Waals surface area contributed by atoms with Gasteiger partial charge in [0.05, 0.1) is 19.3 Å². The Morgan fingerprint density at radius 3 is 2.51 bits per heavy atom. The summed E-state index contributed by atoms with van der Waals surface area (Å²) < 4.78 is 69.8. The largest absolute Gasteiger partial charge is 0.494 e. The number of nitrogens with zero attached hydrogens (tertiary/aromatic N) is 2. The van der Waals surface area contributed by atoms with Gasteiger partial charge in [-0.05, 0) is 68.3 Å². The van der Waals surface area contributed by atoms with Crippen molar-refractivity contribution in [1.82, 2.24) is 20.6 Å². The molecule has 2 amide bonds. The van der Waals surface area contributed by atoms with Gasteiger partial charge in [0.2, 0.25) is 11.5 Å². The van der Waals surface area contributed by atoms with Gasteiger partial charge in [-0.2, -0.15) is 13.2 Å². The van der Waals surface area contributed by atoms with Crippen LogP contribution in [0.2, 0.25) is 0 Å². The Morgan fingerprint density at radius 1 is 1.11 bits per heavy atom. The number of methoxy groups -OCH3 is 1. The number of fused-ring (bicyclic) bond motifs is 2. The van der Waals surface area contributed by atoms with Crippen LogP contribution in [0.3, 0.4) is 0 Å². The van der Waals surface area contributed by atoms with Crippen molar-refractivity contribution >= 4 is 22.7 Å². The van der Waals surface area contributed by atoms with Crippen LogP contribution in [0.25, 0.3) is 22.2 Å². The highest BCUT2D eigenvalue weighted by atomic mass is 19.4. The van der Waals surface area contributed by atoms with Gasteiger partial charge in [0.25, 0.3) is 5.91 Å². The molecule has 2 aliphatic rings. The van der Waals surface area contributed by atoms with Gasteiger partial charge in [-0.15, -0.1) is 0 Å². The van der Waals surface area contributed by atoms with Gasteiger partial charge in [0, 0.05) is 34.3 Å². The molecule has 2 aromatic carbocycles. The zero-order chi connectivity index (χ0) is 33.6. The number of halogens is 4. The fourth-order valence-corrected chi connectivity index (χ4v) is 6.09. The summed E-state index contributed by atoms with van der Waals surface area (Å²) in [5.74, 6) is -1.65. The van der Waals surface area contributed by atoms with E-state index in [-0.39, 0.29) is 46.5 Å². The number of nitrogens with one attached hydrogen (secondary N) is 2. The highest BCUT2D eigenvalue weighted by Gasteiger charge is 2.58. The second-order valence-corrected chi connectivity index (χ2v) is 12.1. The Morgan fingerprint density at radius 2 is 1.83 bits per heavy atom. The van der Waals surface area contributed by atoms with E-state index < -0.39 is 47.1 Å². The Kier molecular flexibility index (Phi) is 8.29. The first kappa shape index (κ1) is 32.2. The fraction of sp³-hybridized carbons (Fsp3) is 0.353. The first-order valence-corrected chi connectivity index (χ1v) is 15.1. The van der Waals surface area contributed by atoms with Gasteiger partial charge in [-0.3, -0.25) is 14.6 Å². The van der Waals surface area contributed by atoms with Crippen LogP contribution in [-0.4, -0.2) is 59.4 Å². The molecule has 2 aromatic heterocycles. The molecule has 4 aromatic rings. The number of carbonyl (C=O) groups is 2. The van der Waals surface area contributed by atoms with Crippen LogP contribution in [0.5, 0.6) is 11.5 Å². The van der Waals surface area contributed by atoms with Crippen LogP contribution in [0.1, 0.15) is 54.2 Å². The zero-order valence-electron chi connectivity index (χ0n) is 25.6. The SMILES string of the molecule is COc1cc(C(=O)NCC(O)(c2cc3c(c(-c4ccc(F)cc4)n2)OC[C@]3(C)C(=O)NC2CCCC2)C(F)(F)F)cc2cccnc12. The molecule has 3 N–H and O–H groups in total. The average Bonchev–Trinajstić information content (AvgIpc) is 3.70. The van der Waals surface area contributed by atoms with Crippen molar-refractivity contribution in [2.24, 2.45) is 0 Å². The molecule has 0 spiro atoms. The van der Waals surface area contributed by atoms with Gasteiger partial charge in [-0.1, -0.05) is 18.9 Å². The van der Waals surface area contributed by atoms with E-state index in [1.807, 2.05) is 0 Å². The number of benzene rings is 2. The first-order valence-electron chi connectivity index (χ1n) is 15.1. The van der Waals surface area contributed by atoms with E-state index in [2.05, 4.69) is 20.6 Å². The van der Waals surface area contributed by atoms with Crippen LogP contribution < -0.4 is 20.1 Å². The van der Waals surface area contributed by atoms with Crippen molar-refractivity contribution in [3.05, 3.63) is 83.4 Å². The summed E-state index contributed by atoms with van der Waals surface area (Å²) in [6.45, 7) is 0.0426. The van der Waals surface area contributed by atoms with Crippen LogP contribution in [0, 0.1) is 5.82 Å². The van der Waals surface area contributed by atoms with Crippen LogP contribution in [0.4, 0.5) is 17.6 Å². The summed E-state index contributed by atoms with van der Waals surface area (Å²) in [6.07, 6.45) is -0.341. The second kappa shape index (κ2) is 12.1. The minimum atomic E-state index is -5.34. The molecule has 3 heterocycles. The smallest absolute Gasteiger partial charge is 0.424 e. The summed E-state index contributed by atoms with van der Waals surface area (Å²) in [7, 11) is 1.37. The number of hydrogen-bond donors (Lipinski definition) is 3. The molecule has 246 valence electrons. The molecule has 13 heteroatoms. The molecule has 1 unspecified atom stereocenters. The molecule has 1 aliphatic carbocycles. The van der Waals surface area contributed by atoms with E-state index in [4.69, 9.17) is 9.47 Å². The number of hydrogen-bond acceptors (Lipinski definition) is 7. The number of aromatic nitrogens is 2. The van der Waals surface area contributed by atoms with Gasteiger partial charge in [-0.25, -0.2) is 9.37 Å². The van der Waals surface area contributed by atoms with Gasteiger partial charge in [0.15, 0.2) is 0 Å². The zero-order valence-corrected chi connectivity index (χ0v) is 25.6. The molecule has 0 radical (unpaired) electrons. The number of rotatable bonds is 8. The summed E-state index contributed by atoms with van der Waals surface area (Å²) in [4.78, 5) is 35.3. The number of alkyl halides is 3. The molecule has 9 nitrogen and oxygen atoms in total. The molecule has 47 heavy (non-hydrogen) atoms. The van der Waals surface area contributed by atoms with E-state index in [1.54, 1.807) is 19.1 Å². The lowest BCUT2D eigenvalue weighted by Crippen LogP contribution is -2.52. The predicted octanol–water partition coefficient (Wildman–Crippen LogP) is 5.33. The number of amides is 2. The van der Waals surface area contributed by atoms with Gasteiger partial charge < -0.3 is 25.2 Å². The second-order valence-electron chi connectivity index (χ2n) is 12.1. The lowest BCUT2D eigenvalue weighted by atomic mass is 9.81. The third-order valence-electron chi connectivity index (χ3n) is 8.93. The molecular weight excluding hydrogens is 620 g/mol. The van der Waals surface area contributed by atoms with Crippen molar-refractivity contribution in [3.63, 3.8) is 0 Å². The summed E-state index contributed by atoms with van der Waals surface area (Å²) in [5.41, 5.74) is -5.41. The quantitative estimate of drug-likeness (QED) is 0.220. The molecule has 1 aliphatic heterocycles. The minimum Gasteiger partial charge on any atom is -0.494 e. The Bertz CT molecular complexity index is 1850. The van der Waals surface area contributed by atoms with E-state index in [0.29, 0.717) is 10.9 Å². The van der Waals surface area contributed by atoms with Crippen molar-refractivity contribution in [2.75, 3.05) is 20.3 Å². The predicted molar refractivity (Wildman–Crippen MR) is 163 cm³/mol. The third-order valence-corrected chi connectivity index (χ3v) is 8.93. The first-order chi connectivity index (χ1) is 22.3. The van der Waals surface area contributed by atoms with E-state index in [0.717, 1.165) is 43.9 Å². The van der Waals surface area contributed by atoms with Gasteiger partial charge >= 0.3 is 6.18 Å². The van der Waals surface area contributed by atoms with Gasteiger partial charge in [0.1, 0.15) is 40.5 Å². The Labute approximate surface area is 267 Å². The normalized spacial score (nSPS) is 19.1. The monoisotopic (exact) mass is 652 g/mol. The molecule has 0 bridgehead atoms. The average molecular weight is 653 g/mol. The molecule has 1 fully saturated rings. The minimum absolute atomic E-state index is 0.0228. The standard InChI is InChI=1S/C34H32F4N4O5/c1-32(31(44)41-23-7-3-4-8-23)18-47-29-24(32)16-26(42-28(29)19-9-11-22(35)12-10-19)33(45,34(36,37)38)17-40-30(43)21-14-20-6-5-13-39-27(20)25(15-21)46-2/h5-6,9-16,23,45H,3-4,7-8,17-18H2,1-2H3,(H,40,43)(H,41,44)/t32-,33?/m0/s1. The van der Waals surface area contributed by atoms with Crippen molar-refractivity contribution < 1.29 is 41.7 Å². The molecule has 2 atom stereocenters. The lowest BCUT2D eigenvalue weighted by Gasteiger charge is -2.32. The number of carbonyl (C=O) groups excluding carboxylic acids is 2. The molecule has 6 rings (SSSR count). The van der Waals surface area contributed by atoms with Crippen molar-refractivity contribution in [2.45, 2.75) is 55.8 Å². The highest BCUT2D eigenvalue weighted by molar-refractivity contribution is 6.00. The maximum Gasteiger partial charge on any atom is 0.424 e. The summed E-state index contributed by atoms with van der Waals surface area (Å²) in [6, 6.07) is 11.9. The van der Waals surface area contributed by atoms with E-state index in [1.165, 1.54) is 37.6 Å². The maximum absolute atomic E-state index is 14.9. The Balaban J connectivity index is 1.41. The summed E-state index contributed by atoms with van der Waals surface area (Å²) >= 11 is 0. The summed E-state index contributed by atoms with van der Waals surface area (Å²) in [5, 5.41) is 17.1. The number of aliphatic hydroxyl groups is 1. The van der Waals surface area contributed by atoms with Crippen LogP contribution in [0.15, 0.2) is 60.8 Å². The van der Waals surface area contributed by atoms with Crippen molar-refractivity contribution in [3.8, 4) is 22.8 Å². The van der Waals surface area contributed by atoms with E-state index in [9.17, 15) is 32.3 Å². The number of pyridine rings is 2.